The van der Waals surface area contributed by atoms with Crippen molar-refractivity contribution in [1.82, 2.24) is 9.88 Å². The number of aryl methyl sites for hydroxylation is 2. The number of rotatable bonds is 8. The average molecular weight is 418 g/mol. The summed E-state index contributed by atoms with van der Waals surface area (Å²) in [6.07, 6.45) is 1.64. The minimum atomic E-state index is -0.231. The number of likely N-dealkylation sites (N-methyl/N-ethyl adjacent to an activating group) is 1. The molecule has 0 unspecified atom stereocenters. The van der Waals surface area contributed by atoms with Gasteiger partial charge in [0.05, 0.1) is 13.1 Å². The van der Waals surface area contributed by atoms with Gasteiger partial charge in [-0.05, 0) is 80.6 Å². The fraction of sp³-hybridized carbons (Fsp3) is 0.208. The number of hydrogen-bond acceptors (Lipinski definition) is 5. The van der Waals surface area contributed by atoms with E-state index in [2.05, 4.69) is 15.6 Å². The van der Waals surface area contributed by atoms with Crippen molar-refractivity contribution in [2.24, 2.45) is 0 Å². The van der Waals surface area contributed by atoms with E-state index < -0.39 is 0 Å². The summed E-state index contributed by atoms with van der Waals surface area (Å²) in [5.41, 5.74) is 2.78. The molecule has 0 saturated carbocycles. The number of pyridine rings is 1. The van der Waals surface area contributed by atoms with Crippen molar-refractivity contribution in [3.8, 4) is 11.5 Å². The van der Waals surface area contributed by atoms with Crippen LogP contribution in [0.4, 0.5) is 11.5 Å². The Labute approximate surface area is 182 Å². The van der Waals surface area contributed by atoms with E-state index in [-0.39, 0.29) is 24.9 Å². The maximum absolute atomic E-state index is 12.3. The third-order valence-electron chi connectivity index (χ3n) is 4.37. The minimum absolute atomic E-state index is 0.0757. The number of aromatic nitrogens is 1. The molecule has 3 aromatic rings. The lowest BCUT2D eigenvalue weighted by Crippen LogP contribution is -2.36. The second-order valence-electron chi connectivity index (χ2n) is 7.43. The summed E-state index contributed by atoms with van der Waals surface area (Å²) in [6.45, 7) is 4.09. The highest BCUT2D eigenvalue weighted by Crippen LogP contribution is 2.23. The molecule has 0 spiro atoms. The third-order valence-corrected chi connectivity index (χ3v) is 4.37. The SMILES string of the molecule is Cc1cccc(Oc2ccc(NC(=O)CN(C)CC(=O)Nc3cc(C)ccn3)cc2)c1. The lowest BCUT2D eigenvalue weighted by atomic mass is 10.2. The molecule has 3 rings (SSSR count). The molecule has 0 radical (unpaired) electrons. The largest absolute Gasteiger partial charge is 0.457 e. The summed E-state index contributed by atoms with van der Waals surface area (Å²) in [5.74, 6) is 1.50. The molecular weight excluding hydrogens is 392 g/mol. The van der Waals surface area contributed by atoms with Crippen LogP contribution in [0.3, 0.4) is 0 Å². The summed E-state index contributed by atoms with van der Waals surface area (Å²) < 4.78 is 5.81. The Morgan fingerprint density at radius 3 is 2.23 bits per heavy atom. The van der Waals surface area contributed by atoms with Crippen LogP contribution in [0.15, 0.2) is 66.9 Å². The standard InChI is InChI=1S/C24H26N4O3/c1-17-5-4-6-21(13-17)31-20-9-7-19(8-10-20)26-23(29)15-28(3)16-24(30)27-22-14-18(2)11-12-25-22/h4-14H,15-16H2,1-3H3,(H,26,29)(H,25,27,30). The molecule has 7 heteroatoms. The van der Waals surface area contributed by atoms with Crippen molar-refractivity contribution in [2.45, 2.75) is 13.8 Å². The highest BCUT2D eigenvalue weighted by Gasteiger charge is 2.12. The third kappa shape index (κ3) is 7.24. The average Bonchev–Trinajstić information content (AvgIpc) is 2.69. The fourth-order valence-corrected chi connectivity index (χ4v) is 2.95. The first kappa shape index (κ1) is 22.0. The molecule has 0 aliphatic carbocycles. The van der Waals surface area contributed by atoms with Crippen molar-refractivity contribution in [1.29, 1.82) is 0 Å². The number of nitrogens with zero attached hydrogens (tertiary/aromatic N) is 2. The van der Waals surface area contributed by atoms with Gasteiger partial charge >= 0.3 is 0 Å². The lowest BCUT2D eigenvalue weighted by Gasteiger charge is -2.16. The van der Waals surface area contributed by atoms with Gasteiger partial charge in [0.15, 0.2) is 0 Å². The molecule has 0 saturated heterocycles. The molecule has 0 aliphatic rings. The van der Waals surface area contributed by atoms with E-state index in [1.165, 1.54) is 0 Å². The topological polar surface area (TPSA) is 83.6 Å². The predicted molar refractivity (Wildman–Crippen MR) is 121 cm³/mol. The lowest BCUT2D eigenvalue weighted by molar-refractivity contribution is -0.119. The van der Waals surface area contributed by atoms with Crippen LogP contribution in [0.5, 0.6) is 11.5 Å². The molecule has 0 atom stereocenters. The molecule has 1 aromatic heterocycles. The van der Waals surface area contributed by atoms with Gasteiger partial charge in [-0.1, -0.05) is 12.1 Å². The Kier molecular flexibility index (Phi) is 7.35. The number of nitrogens with one attached hydrogen (secondary N) is 2. The van der Waals surface area contributed by atoms with Crippen molar-refractivity contribution in [3.63, 3.8) is 0 Å². The van der Waals surface area contributed by atoms with Gasteiger partial charge in [0.1, 0.15) is 17.3 Å². The Bertz CT molecular complexity index is 1050. The second kappa shape index (κ2) is 10.4. The highest BCUT2D eigenvalue weighted by atomic mass is 16.5. The van der Waals surface area contributed by atoms with E-state index in [9.17, 15) is 9.59 Å². The molecule has 0 fully saturated rings. The molecule has 7 nitrogen and oxygen atoms in total. The Balaban J connectivity index is 1.45. The molecule has 2 aromatic carbocycles. The first-order chi connectivity index (χ1) is 14.9. The Morgan fingerprint density at radius 1 is 0.871 bits per heavy atom. The second-order valence-corrected chi connectivity index (χ2v) is 7.43. The normalized spacial score (nSPS) is 10.6. The quantitative estimate of drug-likeness (QED) is 0.578. The monoisotopic (exact) mass is 418 g/mol. The summed E-state index contributed by atoms with van der Waals surface area (Å²) >= 11 is 0. The summed E-state index contributed by atoms with van der Waals surface area (Å²) in [7, 11) is 1.71. The van der Waals surface area contributed by atoms with Crippen molar-refractivity contribution < 1.29 is 14.3 Å². The van der Waals surface area contributed by atoms with Gasteiger partial charge in [-0.15, -0.1) is 0 Å². The summed E-state index contributed by atoms with van der Waals surface area (Å²) in [4.78, 5) is 30.2. The number of amides is 2. The molecule has 2 N–H and O–H groups in total. The van der Waals surface area contributed by atoms with Crippen molar-refractivity contribution >= 4 is 23.3 Å². The maximum atomic E-state index is 12.3. The van der Waals surface area contributed by atoms with Crippen LogP contribution >= 0.6 is 0 Å². The van der Waals surface area contributed by atoms with E-state index in [1.54, 1.807) is 48.5 Å². The maximum Gasteiger partial charge on any atom is 0.239 e. The van der Waals surface area contributed by atoms with E-state index in [1.807, 2.05) is 44.2 Å². The van der Waals surface area contributed by atoms with Gasteiger partial charge in [0.25, 0.3) is 0 Å². The van der Waals surface area contributed by atoms with Crippen molar-refractivity contribution in [3.05, 3.63) is 78.0 Å². The number of anilines is 2. The Morgan fingerprint density at radius 2 is 1.55 bits per heavy atom. The Hall–Kier alpha value is -3.71. The number of carbonyl (C=O) groups excluding carboxylic acids is 2. The fourth-order valence-electron chi connectivity index (χ4n) is 2.95. The van der Waals surface area contributed by atoms with Crippen LogP contribution in [0.1, 0.15) is 11.1 Å². The van der Waals surface area contributed by atoms with Crippen LogP contribution in [-0.2, 0) is 9.59 Å². The first-order valence-corrected chi connectivity index (χ1v) is 9.93. The minimum Gasteiger partial charge on any atom is -0.457 e. The zero-order chi connectivity index (χ0) is 22.2. The van der Waals surface area contributed by atoms with Gasteiger partial charge in [-0.2, -0.15) is 0 Å². The summed E-state index contributed by atoms with van der Waals surface area (Å²) in [6, 6.07) is 18.6. The van der Waals surface area contributed by atoms with E-state index in [4.69, 9.17) is 4.74 Å². The van der Waals surface area contributed by atoms with E-state index in [0.717, 1.165) is 16.9 Å². The summed E-state index contributed by atoms with van der Waals surface area (Å²) in [5, 5.41) is 5.55. The smallest absolute Gasteiger partial charge is 0.239 e. The van der Waals surface area contributed by atoms with Crippen LogP contribution in [0.2, 0.25) is 0 Å². The van der Waals surface area contributed by atoms with Crippen molar-refractivity contribution in [2.75, 3.05) is 30.8 Å². The molecule has 1 heterocycles. The highest BCUT2D eigenvalue weighted by molar-refractivity contribution is 5.94. The number of benzene rings is 2. The number of hydrogen-bond donors (Lipinski definition) is 2. The van der Waals surface area contributed by atoms with Crippen LogP contribution in [0.25, 0.3) is 0 Å². The van der Waals surface area contributed by atoms with Crippen LogP contribution in [-0.4, -0.2) is 41.8 Å². The van der Waals surface area contributed by atoms with Gasteiger partial charge in [-0.3, -0.25) is 14.5 Å². The molecular formula is C24H26N4O3. The van der Waals surface area contributed by atoms with Gasteiger partial charge in [0.2, 0.25) is 11.8 Å². The van der Waals surface area contributed by atoms with Gasteiger partial charge in [0, 0.05) is 11.9 Å². The van der Waals surface area contributed by atoms with Crippen LogP contribution in [0, 0.1) is 13.8 Å². The molecule has 31 heavy (non-hydrogen) atoms. The van der Waals surface area contributed by atoms with E-state index in [0.29, 0.717) is 17.3 Å². The molecule has 2 amide bonds. The zero-order valence-electron chi connectivity index (χ0n) is 17.9. The number of ether oxygens (including phenoxy) is 1. The van der Waals surface area contributed by atoms with Gasteiger partial charge < -0.3 is 15.4 Å². The first-order valence-electron chi connectivity index (χ1n) is 9.93. The van der Waals surface area contributed by atoms with Crippen LogP contribution < -0.4 is 15.4 Å². The molecule has 0 bridgehead atoms. The molecule has 0 aliphatic heterocycles. The predicted octanol–water partition coefficient (Wildman–Crippen LogP) is 4.00. The molecule has 160 valence electrons. The zero-order valence-corrected chi connectivity index (χ0v) is 17.9. The van der Waals surface area contributed by atoms with E-state index >= 15 is 0 Å². The van der Waals surface area contributed by atoms with Gasteiger partial charge in [-0.25, -0.2) is 4.98 Å². The number of carbonyl (C=O) groups is 2.